The van der Waals surface area contributed by atoms with E-state index >= 15 is 0 Å². The van der Waals surface area contributed by atoms with Crippen molar-refractivity contribution in [2.75, 3.05) is 5.73 Å². The third kappa shape index (κ3) is 3.18. The van der Waals surface area contributed by atoms with E-state index in [-0.39, 0.29) is 0 Å². The molecule has 0 aliphatic heterocycles. The van der Waals surface area contributed by atoms with Crippen molar-refractivity contribution < 1.29 is 4.74 Å². The van der Waals surface area contributed by atoms with E-state index < -0.39 is 0 Å². The highest BCUT2D eigenvalue weighted by Crippen LogP contribution is 2.27. The number of hydrogen-bond acceptors (Lipinski definition) is 2. The maximum absolute atomic E-state index is 6.06. The molecule has 0 saturated carbocycles. The molecule has 0 amide bonds. The molecule has 94 valence electrons. The van der Waals surface area contributed by atoms with E-state index in [0.29, 0.717) is 23.1 Å². The van der Waals surface area contributed by atoms with Gasteiger partial charge in [-0.25, -0.2) is 0 Å². The number of halogens is 2. The molecule has 2 aromatic carbocycles. The second-order valence-corrected chi connectivity index (χ2v) is 5.34. The van der Waals surface area contributed by atoms with Gasteiger partial charge in [0.1, 0.15) is 12.4 Å². The van der Waals surface area contributed by atoms with Gasteiger partial charge in [0.15, 0.2) is 0 Å². The highest BCUT2D eigenvalue weighted by molar-refractivity contribution is 9.10. The molecule has 0 saturated heterocycles. The maximum atomic E-state index is 6.06. The van der Waals surface area contributed by atoms with Gasteiger partial charge in [0.2, 0.25) is 0 Å². The molecule has 0 bridgehead atoms. The fourth-order valence-corrected chi connectivity index (χ4v) is 1.98. The van der Waals surface area contributed by atoms with Gasteiger partial charge in [0.05, 0.1) is 5.02 Å². The van der Waals surface area contributed by atoms with Gasteiger partial charge in [0.25, 0.3) is 0 Å². The quantitative estimate of drug-likeness (QED) is 0.838. The van der Waals surface area contributed by atoms with Crippen LogP contribution in [-0.4, -0.2) is 0 Å². The van der Waals surface area contributed by atoms with Crippen LogP contribution in [0.3, 0.4) is 0 Å². The Labute approximate surface area is 120 Å². The summed E-state index contributed by atoms with van der Waals surface area (Å²) in [4.78, 5) is 0. The number of nitrogen functional groups attached to an aromatic ring is 1. The average Bonchev–Trinajstić information content (AvgIpc) is 2.34. The molecular formula is C14H13BrClNO. The van der Waals surface area contributed by atoms with Gasteiger partial charge < -0.3 is 10.5 Å². The molecule has 2 rings (SSSR count). The summed E-state index contributed by atoms with van der Waals surface area (Å²) in [7, 11) is 0. The first-order valence-corrected chi connectivity index (χ1v) is 6.66. The molecule has 0 aromatic heterocycles. The Morgan fingerprint density at radius 3 is 2.72 bits per heavy atom. The van der Waals surface area contributed by atoms with Gasteiger partial charge in [-0.15, -0.1) is 0 Å². The van der Waals surface area contributed by atoms with Crippen molar-refractivity contribution in [2.45, 2.75) is 13.5 Å². The maximum Gasteiger partial charge on any atom is 0.138 e. The molecule has 0 heterocycles. The second kappa shape index (κ2) is 5.63. The van der Waals surface area contributed by atoms with Crippen LogP contribution in [0.4, 0.5) is 5.69 Å². The van der Waals surface area contributed by atoms with Crippen LogP contribution >= 0.6 is 27.5 Å². The smallest absolute Gasteiger partial charge is 0.138 e. The number of aryl methyl sites for hydroxylation is 1. The monoisotopic (exact) mass is 325 g/mol. The van der Waals surface area contributed by atoms with E-state index in [4.69, 9.17) is 22.1 Å². The third-order valence-electron chi connectivity index (χ3n) is 2.54. The topological polar surface area (TPSA) is 35.2 Å². The van der Waals surface area contributed by atoms with Gasteiger partial charge in [-0.05, 0) is 58.2 Å². The molecule has 0 aliphatic rings. The number of anilines is 1. The van der Waals surface area contributed by atoms with E-state index in [2.05, 4.69) is 15.9 Å². The molecule has 0 unspecified atom stereocenters. The zero-order valence-electron chi connectivity index (χ0n) is 9.91. The minimum absolute atomic E-state index is 0.445. The largest absolute Gasteiger partial charge is 0.487 e. The molecule has 0 fully saturated rings. The normalized spacial score (nSPS) is 10.4. The van der Waals surface area contributed by atoms with E-state index in [0.717, 1.165) is 15.6 Å². The minimum atomic E-state index is 0.445. The number of benzene rings is 2. The van der Waals surface area contributed by atoms with E-state index in [1.165, 1.54) is 0 Å². The molecular weight excluding hydrogens is 314 g/mol. The Morgan fingerprint density at radius 1 is 1.22 bits per heavy atom. The summed E-state index contributed by atoms with van der Waals surface area (Å²) in [6.07, 6.45) is 0. The molecule has 0 aliphatic carbocycles. The predicted octanol–water partition coefficient (Wildman–Crippen LogP) is 4.57. The van der Waals surface area contributed by atoms with Crippen molar-refractivity contribution in [1.29, 1.82) is 0 Å². The van der Waals surface area contributed by atoms with Crippen LogP contribution in [0.5, 0.6) is 5.75 Å². The molecule has 2 N–H and O–H groups in total. The molecule has 4 heteroatoms. The summed E-state index contributed by atoms with van der Waals surface area (Å²) >= 11 is 9.42. The zero-order valence-corrected chi connectivity index (χ0v) is 12.3. The fraction of sp³-hybridized carbons (Fsp3) is 0.143. The molecule has 0 atom stereocenters. The lowest BCUT2D eigenvalue weighted by Gasteiger charge is -2.09. The van der Waals surface area contributed by atoms with Gasteiger partial charge in [-0.1, -0.05) is 23.7 Å². The molecule has 0 radical (unpaired) electrons. The summed E-state index contributed by atoms with van der Waals surface area (Å²) in [5.74, 6) is 0.693. The average molecular weight is 327 g/mol. The van der Waals surface area contributed by atoms with Crippen LogP contribution in [0.15, 0.2) is 40.9 Å². The number of nitrogens with two attached hydrogens (primary N) is 1. The van der Waals surface area contributed by atoms with E-state index in [1.54, 1.807) is 0 Å². The Morgan fingerprint density at radius 2 is 2.00 bits per heavy atom. The molecule has 2 aromatic rings. The molecule has 2 nitrogen and oxygen atoms in total. The Kier molecular flexibility index (Phi) is 4.15. The summed E-state index contributed by atoms with van der Waals surface area (Å²) in [5, 5.41) is 0.616. The summed E-state index contributed by atoms with van der Waals surface area (Å²) < 4.78 is 6.58. The fourth-order valence-electron chi connectivity index (χ4n) is 1.57. The van der Waals surface area contributed by atoms with E-state index in [9.17, 15) is 0 Å². The van der Waals surface area contributed by atoms with Gasteiger partial charge in [-0.2, -0.15) is 0 Å². The van der Waals surface area contributed by atoms with Crippen LogP contribution in [0.25, 0.3) is 0 Å². The van der Waals surface area contributed by atoms with Gasteiger partial charge >= 0.3 is 0 Å². The Balaban J connectivity index is 2.11. The van der Waals surface area contributed by atoms with Crippen molar-refractivity contribution in [3.8, 4) is 5.75 Å². The first-order valence-electron chi connectivity index (χ1n) is 5.49. The van der Waals surface area contributed by atoms with Crippen molar-refractivity contribution in [3.05, 3.63) is 57.0 Å². The Bertz CT molecular complexity index is 572. The second-order valence-electron chi connectivity index (χ2n) is 4.08. The van der Waals surface area contributed by atoms with Crippen molar-refractivity contribution in [1.82, 2.24) is 0 Å². The van der Waals surface area contributed by atoms with Crippen LogP contribution < -0.4 is 10.5 Å². The number of hydrogen-bond donors (Lipinski definition) is 1. The third-order valence-corrected chi connectivity index (χ3v) is 3.58. The van der Waals surface area contributed by atoms with Gasteiger partial charge in [-0.3, -0.25) is 0 Å². The SMILES string of the molecule is Cc1ccc(Cl)c(OCc2ccc(Br)c(N)c2)c1. The highest BCUT2D eigenvalue weighted by atomic mass is 79.9. The summed E-state index contributed by atoms with van der Waals surface area (Å²) in [5.41, 5.74) is 8.64. The number of ether oxygens (including phenoxy) is 1. The van der Waals surface area contributed by atoms with Crippen molar-refractivity contribution >= 4 is 33.2 Å². The van der Waals surface area contributed by atoms with Crippen LogP contribution in [-0.2, 0) is 6.61 Å². The Hall–Kier alpha value is -1.19. The first kappa shape index (κ1) is 13.2. The lowest BCUT2D eigenvalue weighted by atomic mass is 10.2. The molecule has 18 heavy (non-hydrogen) atoms. The lowest BCUT2D eigenvalue weighted by Crippen LogP contribution is -1.98. The number of rotatable bonds is 3. The van der Waals surface area contributed by atoms with Crippen molar-refractivity contribution in [3.63, 3.8) is 0 Å². The van der Waals surface area contributed by atoms with Crippen LogP contribution in [0, 0.1) is 6.92 Å². The lowest BCUT2D eigenvalue weighted by molar-refractivity contribution is 0.306. The predicted molar refractivity (Wildman–Crippen MR) is 79.1 cm³/mol. The van der Waals surface area contributed by atoms with Crippen LogP contribution in [0.2, 0.25) is 5.02 Å². The minimum Gasteiger partial charge on any atom is -0.487 e. The summed E-state index contributed by atoms with van der Waals surface area (Å²) in [6, 6.07) is 11.5. The van der Waals surface area contributed by atoms with Gasteiger partial charge in [0, 0.05) is 10.2 Å². The zero-order chi connectivity index (χ0) is 13.1. The van der Waals surface area contributed by atoms with Crippen molar-refractivity contribution in [2.24, 2.45) is 0 Å². The highest BCUT2D eigenvalue weighted by Gasteiger charge is 2.03. The standard InChI is InChI=1S/C14H13BrClNO/c1-9-2-5-12(16)14(6-9)18-8-10-3-4-11(15)13(17)7-10/h2-7H,8,17H2,1H3. The molecule has 0 spiro atoms. The first-order chi connectivity index (χ1) is 8.56. The summed E-state index contributed by atoms with van der Waals surface area (Å²) in [6.45, 7) is 2.45. The van der Waals surface area contributed by atoms with Crippen LogP contribution in [0.1, 0.15) is 11.1 Å². The van der Waals surface area contributed by atoms with E-state index in [1.807, 2.05) is 43.3 Å².